The number of aryl methyl sites for hydroxylation is 2. The highest BCUT2D eigenvalue weighted by molar-refractivity contribution is 7.80. The molecule has 0 amide bonds. The number of nitrogens with zero attached hydrogens (tertiary/aromatic N) is 1. The Morgan fingerprint density at radius 3 is 2.70 bits per heavy atom. The summed E-state index contributed by atoms with van der Waals surface area (Å²) in [4.78, 5) is 17.5. The number of aromatic nitrogens is 1. The van der Waals surface area contributed by atoms with Crippen LogP contribution in [-0.4, -0.2) is 39.3 Å². The van der Waals surface area contributed by atoms with Crippen molar-refractivity contribution < 1.29 is 5.11 Å². The topological polar surface area (TPSA) is 68.4 Å². The Balaban J connectivity index is 1.82. The highest BCUT2D eigenvalue weighted by Gasteiger charge is 2.18. The molecule has 27 heavy (non-hydrogen) atoms. The molecule has 1 saturated carbocycles. The van der Waals surface area contributed by atoms with Gasteiger partial charge in [0, 0.05) is 29.1 Å². The number of fused-ring (bicyclic) bond motifs is 1. The molecule has 146 valence electrons. The second-order valence-electron chi connectivity index (χ2n) is 7.60. The number of nitrogens with one attached hydrogen (secondary N) is 2. The predicted molar refractivity (Wildman–Crippen MR) is 114 cm³/mol. The molecule has 1 aliphatic rings. The number of aliphatic hydroxyl groups excluding tert-OH is 1. The Hall–Kier alpha value is -1.92. The van der Waals surface area contributed by atoms with E-state index in [4.69, 9.17) is 12.2 Å². The molecule has 1 fully saturated rings. The first-order valence-electron chi connectivity index (χ1n) is 9.77. The van der Waals surface area contributed by atoms with Crippen LogP contribution in [0.5, 0.6) is 0 Å². The number of thiocarbonyl (C=S) groups is 1. The van der Waals surface area contributed by atoms with E-state index in [1.165, 1.54) is 19.3 Å². The monoisotopic (exact) mass is 387 g/mol. The lowest BCUT2D eigenvalue weighted by Crippen LogP contribution is -2.46. The Kier molecular flexibility index (Phi) is 6.50. The minimum absolute atomic E-state index is 0.00377. The van der Waals surface area contributed by atoms with Crippen molar-refractivity contribution in [2.45, 2.75) is 58.5 Å². The lowest BCUT2D eigenvalue weighted by molar-refractivity contribution is 0.243. The largest absolute Gasteiger partial charge is 0.395 e. The molecular formula is C21H29N3O2S. The molecule has 6 heteroatoms. The van der Waals surface area contributed by atoms with Crippen LogP contribution in [0, 0.1) is 13.8 Å². The molecule has 0 bridgehead atoms. The van der Waals surface area contributed by atoms with Crippen LogP contribution in [0.15, 0.2) is 23.0 Å². The van der Waals surface area contributed by atoms with E-state index in [0.717, 1.165) is 34.9 Å². The lowest BCUT2D eigenvalue weighted by Gasteiger charge is -2.30. The van der Waals surface area contributed by atoms with Gasteiger partial charge in [-0.2, -0.15) is 0 Å². The first kappa shape index (κ1) is 19.8. The number of hydrogen-bond acceptors (Lipinski definition) is 3. The first-order chi connectivity index (χ1) is 13.0. The van der Waals surface area contributed by atoms with Gasteiger partial charge in [-0.15, -0.1) is 0 Å². The van der Waals surface area contributed by atoms with E-state index in [9.17, 15) is 9.90 Å². The van der Waals surface area contributed by atoms with E-state index in [2.05, 4.69) is 23.3 Å². The fraction of sp³-hybridized carbons (Fsp3) is 0.524. The maximum absolute atomic E-state index is 12.6. The smallest absolute Gasteiger partial charge is 0.253 e. The Bertz CT molecular complexity index is 872. The van der Waals surface area contributed by atoms with Crippen molar-refractivity contribution in [2.24, 2.45) is 0 Å². The van der Waals surface area contributed by atoms with E-state index in [1.807, 2.05) is 24.0 Å². The van der Waals surface area contributed by atoms with Gasteiger partial charge in [-0.3, -0.25) is 4.79 Å². The summed E-state index contributed by atoms with van der Waals surface area (Å²) >= 11 is 5.59. The van der Waals surface area contributed by atoms with E-state index in [-0.39, 0.29) is 12.2 Å². The summed E-state index contributed by atoms with van der Waals surface area (Å²) in [5.41, 5.74) is 3.69. The average Bonchev–Trinajstić information content (AvgIpc) is 2.63. The van der Waals surface area contributed by atoms with Crippen molar-refractivity contribution in [3.05, 3.63) is 45.2 Å². The van der Waals surface area contributed by atoms with Crippen molar-refractivity contribution in [2.75, 3.05) is 13.2 Å². The zero-order chi connectivity index (χ0) is 19.4. The van der Waals surface area contributed by atoms with Gasteiger partial charge in [0.1, 0.15) is 0 Å². The second-order valence-corrected chi connectivity index (χ2v) is 7.98. The van der Waals surface area contributed by atoms with Gasteiger partial charge in [-0.25, -0.2) is 0 Å². The number of benzene rings is 1. The Morgan fingerprint density at radius 1 is 1.26 bits per heavy atom. The number of hydrogen-bond donors (Lipinski definition) is 3. The van der Waals surface area contributed by atoms with Crippen molar-refractivity contribution in [1.82, 2.24) is 15.2 Å². The summed E-state index contributed by atoms with van der Waals surface area (Å²) in [5.74, 6) is 0. The minimum Gasteiger partial charge on any atom is -0.395 e. The van der Waals surface area contributed by atoms with Crippen molar-refractivity contribution in [3.8, 4) is 0 Å². The molecule has 0 spiro atoms. The maximum atomic E-state index is 12.6. The summed E-state index contributed by atoms with van der Waals surface area (Å²) in [5, 5.41) is 14.6. The van der Waals surface area contributed by atoms with E-state index >= 15 is 0 Å². The maximum Gasteiger partial charge on any atom is 0.253 e. The van der Waals surface area contributed by atoms with Crippen molar-refractivity contribution >= 4 is 28.2 Å². The molecule has 2 aromatic rings. The van der Waals surface area contributed by atoms with Gasteiger partial charge >= 0.3 is 0 Å². The molecule has 1 aliphatic carbocycles. The molecule has 1 aromatic carbocycles. The van der Waals surface area contributed by atoms with E-state index < -0.39 is 0 Å². The third-order valence-electron chi connectivity index (χ3n) is 5.34. The fourth-order valence-electron chi connectivity index (χ4n) is 3.93. The summed E-state index contributed by atoms with van der Waals surface area (Å²) < 4.78 is 0. The van der Waals surface area contributed by atoms with Crippen LogP contribution in [0.25, 0.3) is 10.9 Å². The summed E-state index contributed by atoms with van der Waals surface area (Å²) in [6.45, 7) is 4.87. The standard InChI is InChI=1S/C21H29N3O2S/c1-14-10-15(2)18-12-16(20(26)23-19(18)11-14)13-24(8-9-25)21(27)22-17-6-4-3-5-7-17/h10-12,17,25H,3-9,13H2,1-2H3,(H,22,27)(H,23,26). The van der Waals surface area contributed by atoms with E-state index in [0.29, 0.717) is 29.8 Å². The number of aromatic amines is 1. The molecule has 0 saturated heterocycles. The van der Waals surface area contributed by atoms with Crippen LogP contribution in [0.2, 0.25) is 0 Å². The van der Waals surface area contributed by atoms with Crippen LogP contribution in [0.4, 0.5) is 0 Å². The van der Waals surface area contributed by atoms with Crippen LogP contribution in [0.1, 0.15) is 48.8 Å². The predicted octanol–water partition coefficient (Wildman–Crippen LogP) is 3.15. The minimum atomic E-state index is -0.101. The second kappa shape index (κ2) is 8.85. The van der Waals surface area contributed by atoms with Crippen LogP contribution in [0.3, 0.4) is 0 Å². The number of pyridine rings is 1. The van der Waals surface area contributed by atoms with Crippen molar-refractivity contribution in [1.29, 1.82) is 0 Å². The van der Waals surface area contributed by atoms with Crippen LogP contribution in [-0.2, 0) is 6.54 Å². The van der Waals surface area contributed by atoms with Crippen LogP contribution >= 0.6 is 12.2 Å². The summed E-state index contributed by atoms with van der Waals surface area (Å²) in [7, 11) is 0. The van der Waals surface area contributed by atoms with Crippen LogP contribution < -0.4 is 10.9 Å². The van der Waals surface area contributed by atoms with Gasteiger partial charge in [0.05, 0.1) is 13.2 Å². The molecule has 0 aliphatic heterocycles. The summed E-state index contributed by atoms with van der Waals surface area (Å²) in [6, 6.07) is 6.46. The molecule has 5 nitrogen and oxygen atoms in total. The SMILES string of the molecule is Cc1cc(C)c2cc(CN(CCO)C(=S)NC3CCCCC3)c(=O)[nH]c2c1. The van der Waals surface area contributed by atoms with E-state index in [1.54, 1.807) is 0 Å². The van der Waals surface area contributed by atoms with Gasteiger partial charge < -0.3 is 20.3 Å². The quantitative estimate of drug-likeness (QED) is 0.688. The van der Waals surface area contributed by atoms with Gasteiger partial charge in [-0.05, 0) is 62.2 Å². The van der Waals surface area contributed by atoms with Gasteiger partial charge in [0.15, 0.2) is 5.11 Å². The summed E-state index contributed by atoms with van der Waals surface area (Å²) in [6.07, 6.45) is 5.99. The Morgan fingerprint density at radius 2 is 2.00 bits per heavy atom. The number of aliphatic hydroxyl groups is 1. The van der Waals surface area contributed by atoms with Gasteiger partial charge in [0.25, 0.3) is 5.56 Å². The highest BCUT2D eigenvalue weighted by Crippen LogP contribution is 2.20. The Labute approximate surface area is 165 Å². The fourth-order valence-corrected chi connectivity index (χ4v) is 4.25. The molecule has 1 aromatic heterocycles. The van der Waals surface area contributed by atoms with Gasteiger partial charge in [0.2, 0.25) is 0 Å². The zero-order valence-corrected chi connectivity index (χ0v) is 17.0. The average molecular weight is 388 g/mol. The molecular weight excluding hydrogens is 358 g/mol. The molecule has 0 unspecified atom stereocenters. The molecule has 0 radical (unpaired) electrons. The first-order valence-corrected chi connectivity index (χ1v) is 10.2. The normalized spacial score (nSPS) is 15.1. The third kappa shape index (κ3) is 4.87. The number of rotatable bonds is 5. The lowest BCUT2D eigenvalue weighted by atomic mass is 9.96. The molecule has 3 rings (SSSR count). The third-order valence-corrected chi connectivity index (χ3v) is 5.72. The molecule has 1 heterocycles. The van der Waals surface area contributed by atoms with Gasteiger partial charge in [-0.1, -0.05) is 25.3 Å². The van der Waals surface area contributed by atoms with Crippen molar-refractivity contribution in [3.63, 3.8) is 0 Å². The molecule has 3 N–H and O–H groups in total. The zero-order valence-electron chi connectivity index (χ0n) is 16.2. The number of H-pyrrole nitrogens is 1. The molecule has 0 atom stereocenters. The highest BCUT2D eigenvalue weighted by atomic mass is 32.1.